The van der Waals surface area contributed by atoms with E-state index in [0.717, 1.165) is 12.1 Å². The summed E-state index contributed by atoms with van der Waals surface area (Å²) in [5, 5.41) is 13.6. The second-order valence-electron chi connectivity index (χ2n) is 4.46. The molecule has 0 spiro atoms. The lowest BCUT2D eigenvalue weighted by Crippen LogP contribution is -2.09. The molecule has 0 aliphatic carbocycles. The molecule has 0 bridgehead atoms. The van der Waals surface area contributed by atoms with Crippen molar-refractivity contribution >= 4 is 22.1 Å². The minimum absolute atomic E-state index is 0.0546. The average molecular weight is 373 g/mol. The molecule has 2 rings (SSSR count). The van der Waals surface area contributed by atoms with Crippen LogP contribution in [0.25, 0.3) is 0 Å². The monoisotopic (exact) mass is 372 g/mol. The van der Waals surface area contributed by atoms with E-state index in [1.807, 2.05) is 0 Å². The molecule has 116 valence electrons. The number of hydrazone groups is 1. The van der Waals surface area contributed by atoms with Crippen LogP contribution in [0.2, 0.25) is 0 Å². The predicted molar refractivity (Wildman–Crippen MR) is 81.7 cm³/mol. The Morgan fingerprint density at radius 1 is 1.18 bits per heavy atom. The van der Waals surface area contributed by atoms with Crippen LogP contribution in [0, 0.1) is 0 Å². The Morgan fingerprint density at radius 3 is 2.59 bits per heavy atom. The molecular formula is C15H12BrF3N2O. The molecule has 2 aromatic rings. The van der Waals surface area contributed by atoms with Crippen molar-refractivity contribution in [2.45, 2.75) is 12.7 Å². The van der Waals surface area contributed by atoms with E-state index >= 15 is 0 Å². The summed E-state index contributed by atoms with van der Waals surface area (Å²) in [5.74, 6) is 0.0546. The number of phenolic OH excluding ortho intramolecular Hbond substituents is 1. The van der Waals surface area contributed by atoms with Crippen LogP contribution in [-0.2, 0) is 12.7 Å². The second kappa shape index (κ2) is 6.83. The standard InChI is InChI=1S/C15H12BrF3N2O/c16-13-5-2-6-14(22)12(13)9-21-20-8-10-3-1-4-11(7-10)15(17,18)19/h1-7,9,20,22H,8H2/b21-9+. The zero-order valence-corrected chi connectivity index (χ0v) is 12.8. The van der Waals surface area contributed by atoms with E-state index in [1.54, 1.807) is 18.2 Å². The van der Waals surface area contributed by atoms with E-state index < -0.39 is 11.7 Å². The highest BCUT2D eigenvalue weighted by molar-refractivity contribution is 9.10. The SMILES string of the molecule is Oc1cccc(Br)c1/C=N/NCc1cccc(C(F)(F)F)c1. The van der Waals surface area contributed by atoms with Gasteiger partial charge in [-0.15, -0.1) is 0 Å². The third-order valence-electron chi connectivity index (χ3n) is 2.85. The van der Waals surface area contributed by atoms with Gasteiger partial charge in [0.15, 0.2) is 0 Å². The van der Waals surface area contributed by atoms with Gasteiger partial charge in [-0.2, -0.15) is 18.3 Å². The molecule has 0 heterocycles. The molecule has 0 atom stereocenters. The van der Waals surface area contributed by atoms with Crippen LogP contribution in [0.4, 0.5) is 13.2 Å². The van der Waals surface area contributed by atoms with Crippen molar-refractivity contribution in [2.24, 2.45) is 5.10 Å². The lowest BCUT2D eigenvalue weighted by atomic mass is 10.1. The van der Waals surface area contributed by atoms with E-state index in [1.165, 1.54) is 18.3 Å². The zero-order chi connectivity index (χ0) is 16.2. The predicted octanol–water partition coefficient (Wildman–Crippen LogP) is 4.30. The van der Waals surface area contributed by atoms with Gasteiger partial charge in [0.1, 0.15) is 5.75 Å². The minimum Gasteiger partial charge on any atom is -0.507 e. The molecule has 0 saturated carbocycles. The first-order chi connectivity index (χ1) is 10.4. The van der Waals surface area contributed by atoms with Gasteiger partial charge in [-0.3, -0.25) is 0 Å². The fourth-order valence-corrected chi connectivity index (χ4v) is 2.22. The Kier molecular flexibility index (Phi) is 5.07. The van der Waals surface area contributed by atoms with E-state index in [0.29, 0.717) is 15.6 Å². The zero-order valence-electron chi connectivity index (χ0n) is 11.2. The van der Waals surface area contributed by atoms with Crippen molar-refractivity contribution < 1.29 is 18.3 Å². The van der Waals surface area contributed by atoms with E-state index in [4.69, 9.17) is 0 Å². The van der Waals surface area contributed by atoms with Crippen LogP contribution < -0.4 is 5.43 Å². The van der Waals surface area contributed by atoms with Gasteiger partial charge in [0.2, 0.25) is 0 Å². The molecular weight excluding hydrogens is 361 g/mol. The quantitative estimate of drug-likeness (QED) is 0.620. The molecule has 2 N–H and O–H groups in total. The Morgan fingerprint density at radius 2 is 1.91 bits per heavy atom. The number of halogens is 4. The molecule has 7 heteroatoms. The van der Waals surface area contributed by atoms with E-state index in [2.05, 4.69) is 26.5 Å². The van der Waals surface area contributed by atoms with Crippen LogP contribution in [-0.4, -0.2) is 11.3 Å². The maximum Gasteiger partial charge on any atom is 0.416 e. The van der Waals surface area contributed by atoms with Gasteiger partial charge in [0.05, 0.1) is 23.9 Å². The first-order valence-corrected chi connectivity index (χ1v) is 7.07. The Hall–Kier alpha value is -2.02. The molecule has 0 amide bonds. The van der Waals surface area contributed by atoms with Gasteiger partial charge in [-0.25, -0.2) is 0 Å². The number of nitrogens with zero attached hydrogens (tertiary/aromatic N) is 1. The van der Waals surface area contributed by atoms with Crippen molar-refractivity contribution in [3.05, 3.63) is 63.6 Å². The van der Waals surface area contributed by atoms with E-state index in [9.17, 15) is 18.3 Å². The first kappa shape index (κ1) is 16.4. The highest BCUT2D eigenvalue weighted by atomic mass is 79.9. The Bertz CT molecular complexity index is 666. The van der Waals surface area contributed by atoms with Crippen LogP contribution in [0.1, 0.15) is 16.7 Å². The number of benzene rings is 2. The largest absolute Gasteiger partial charge is 0.507 e. The van der Waals surface area contributed by atoms with E-state index in [-0.39, 0.29) is 12.3 Å². The fraction of sp³-hybridized carbons (Fsp3) is 0.133. The van der Waals surface area contributed by atoms with Gasteiger partial charge in [0, 0.05) is 4.47 Å². The maximum atomic E-state index is 12.6. The summed E-state index contributed by atoms with van der Waals surface area (Å²) in [4.78, 5) is 0. The molecule has 0 aliphatic rings. The number of hydrogen-bond donors (Lipinski definition) is 2. The summed E-state index contributed by atoms with van der Waals surface area (Å²) in [6.07, 6.45) is -2.97. The van der Waals surface area contributed by atoms with Crippen molar-refractivity contribution in [1.29, 1.82) is 0 Å². The number of aromatic hydroxyl groups is 1. The number of hydrogen-bond acceptors (Lipinski definition) is 3. The molecule has 2 aromatic carbocycles. The average Bonchev–Trinajstić information content (AvgIpc) is 2.45. The van der Waals surface area contributed by atoms with Gasteiger partial charge >= 0.3 is 6.18 Å². The van der Waals surface area contributed by atoms with Crippen LogP contribution in [0.5, 0.6) is 5.75 Å². The third kappa shape index (κ3) is 4.24. The van der Waals surface area contributed by atoms with Crippen molar-refractivity contribution in [2.75, 3.05) is 0 Å². The number of phenols is 1. The molecule has 22 heavy (non-hydrogen) atoms. The number of alkyl halides is 3. The molecule has 0 aliphatic heterocycles. The topological polar surface area (TPSA) is 44.6 Å². The van der Waals surface area contributed by atoms with Crippen molar-refractivity contribution in [1.82, 2.24) is 5.43 Å². The lowest BCUT2D eigenvalue weighted by molar-refractivity contribution is -0.137. The number of nitrogens with one attached hydrogen (secondary N) is 1. The summed E-state index contributed by atoms with van der Waals surface area (Å²) >= 11 is 3.27. The van der Waals surface area contributed by atoms with Crippen LogP contribution in [0.15, 0.2) is 52.0 Å². The van der Waals surface area contributed by atoms with Crippen molar-refractivity contribution in [3.63, 3.8) is 0 Å². The Labute approximate surface area is 133 Å². The van der Waals surface area contributed by atoms with Gasteiger partial charge in [0.25, 0.3) is 0 Å². The highest BCUT2D eigenvalue weighted by Gasteiger charge is 2.30. The molecule has 0 radical (unpaired) electrons. The third-order valence-corrected chi connectivity index (χ3v) is 3.54. The fourth-order valence-electron chi connectivity index (χ4n) is 1.76. The Balaban J connectivity index is 2.01. The minimum atomic E-state index is -4.36. The summed E-state index contributed by atoms with van der Waals surface area (Å²) in [6.45, 7) is 0.144. The van der Waals surface area contributed by atoms with Gasteiger partial charge in [-0.05, 0) is 45.8 Å². The van der Waals surface area contributed by atoms with Crippen LogP contribution >= 0.6 is 15.9 Å². The summed E-state index contributed by atoms with van der Waals surface area (Å²) in [7, 11) is 0. The second-order valence-corrected chi connectivity index (χ2v) is 5.32. The molecule has 0 fully saturated rings. The van der Waals surface area contributed by atoms with Crippen LogP contribution in [0.3, 0.4) is 0 Å². The smallest absolute Gasteiger partial charge is 0.416 e. The normalized spacial score (nSPS) is 11.8. The summed E-state index contributed by atoms with van der Waals surface area (Å²) < 4.78 is 38.4. The highest BCUT2D eigenvalue weighted by Crippen LogP contribution is 2.29. The summed E-state index contributed by atoms with van der Waals surface area (Å²) in [6, 6.07) is 9.95. The lowest BCUT2D eigenvalue weighted by Gasteiger charge is -2.08. The first-order valence-electron chi connectivity index (χ1n) is 6.27. The molecule has 3 nitrogen and oxygen atoms in total. The molecule has 0 aromatic heterocycles. The number of rotatable bonds is 4. The molecule has 0 saturated heterocycles. The van der Waals surface area contributed by atoms with Crippen molar-refractivity contribution in [3.8, 4) is 5.75 Å². The van der Waals surface area contributed by atoms with Gasteiger partial charge in [-0.1, -0.05) is 18.2 Å². The maximum absolute atomic E-state index is 12.6. The summed E-state index contributed by atoms with van der Waals surface area (Å²) in [5.41, 5.74) is 2.90. The molecule has 0 unspecified atom stereocenters. The van der Waals surface area contributed by atoms with Gasteiger partial charge < -0.3 is 10.5 Å².